The number of allylic oxidation sites excluding steroid dienone is 8. The van der Waals surface area contributed by atoms with E-state index in [2.05, 4.69) is 89.3 Å². The van der Waals surface area contributed by atoms with Crippen molar-refractivity contribution in [1.82, 2.24) is 0 Å². The number of benzene rings is 2. The van der Waals surface area contributed by atoms with Crippen LogP contribution in [-0.4, -0.2) is 0 Å². The molecule has 0 bridgehead atoms. The van der Waals surface area contributed by atoms with E-state index in [0.717, 1.165) is 6.42 Å². The van der Waals surface area contributed by atoms with E-state index in [9.17, 15) is 0 Å². The molecule has 0 spiro atoms. The summed E-state index contributed by atoms with van der Waals surface area (Å²) in [5.74, 6) is 0. The fourth-order valence-electron chi connectivity index (χ4n) is 2.66. The third-order valence-corrected chi connectivity index (χ3v) is 4.31. The summed E-state index contributed by atoms with van der Waals surface area (Å²) in [5, 5.41) is 0. The molecule has 0 nitrogen and oxygen atoms in total. The third kappa shape index (κ3) is 11.2. The fourth-order valence-corrected chi connectivity index (χ4v) is 2.66. The van der Waals surface area contributed by atoms with Gasteiger partial charge < -0.3 is 0 Å². The Morgan fingerprint density at radius 2 is 1.36 bits per heavy atom. The van der Waals surface area contributed by atoms with Crippen LogP contribution in [0.4, 0.5) is 0 Å². The van der Waals surface area contributed by atoms with E-state index in [1.54, 1.807) is 0 Å². The van der Waals surface area contributed by atoms with Crippen LogP contribution in [-0.2, 0) is 0 Å². The molecule has 28 heavy (non-hydrogen) atoms. The number of hydrogen-bond acceptors (Lipinski definition) is 0. The van der Waals surface area contributed by atoms with Crippen LogP contribution in [0.15, 0.2) is 108 Å². The summed E-state index contributed by atoms with van der Waals surface area (Å²) < 4.78 is 0. The first-order chi connectivity index (χ1) is 13.5. The van der Waals surface area contributed by atoms with Crippen molar-refractivity contribution < 1.29 is 0 Å². The Kier molecular flexibility index (Phi) is 12.1. The predicted octanol–water partition coefficient (Wildman–Crippen LogP) is 8.56. The normalized spacial score (nSPS) is 12.6. The molecule has 3 rings (SSSR count). The molecule has 0 aromatic heterocycles. The van der Waals surface area contributed by atoms with Gasteiger partial charge in [-0.2, -0.15) is 0 Å². The summed E-state index contributed by atoms with van der Waals surface area (Å²) in [5.41, 5.74) is 7.00. The monoisotopic (exact) mass is 372 g/mol. The van der Waals surface area contributed by atoms with E-state index < -0.39 is 0 Å². The Morgan fingerprint density at radius 1 is 0.821 bits per heavy atom. The molecule has 0 saturated carbocycles. The van der Waals surface area contributed by atoms with E-state index in [-0.39, 0.29) is 0 Å². The van der Waals surface area contributed by atoms with Crippen molar-refractivity contribution in [3.63, 3.8) is 0 Å². The lowest BCUT2D eigenvalue weighted by Crippen LogP contribution is -1.91. The topological polar surface area (TPSA) is 0 Å². The zero-order chi connectivity index (χ0) is 20.6. The Labute approximate surface area is 173 Å². The highest BCUT2D eigenvalue weighted by atomic mass is 14.1. The van der Waals surface area contributed by atoms with Gasteiger partial charge in [-0.05, 0) is 58.1 Å². The molecular formula is C28H36. The lowest BCUT2D eigenvalue weighted by atomic mass is 9.95. The van der Waals surface area contributed by atoms with Gasteiger partial charge in [-0.15, -0.1) is 0 Å². The molecule has 0 saturated heterocycles. The molecule has 0 fully saturated rings. The summed E-state index contributed by atoms with van der Waals surface area (Å²) in [4.78, 5) is 0. The van der Waals surface area contributed by atoms with Crippen molar-refractivity contribution >= 4 is 0 Å². The molecule has 0 aliphatic heterocycles. The van der Waals surface area contributed by atoms with Crippen LogP contribution in [0.25, 0.3) is 0 Å². The molecule has 0 unspecified atom stereocenters. The van der Waals surface area contributed by atoms with Gasteiger partial charge >= 0.3 is 0 Å². The van der Waals surface area contributed by atoms with Crippen molar-refractivity contribution in [2.45, 2.75) is 53.9 Å². The molecule has 148 valence electrons. The average molecular weight is 373 g/mol. The maximum Gasteiger partial charge on any atom is -0.0241 e. The molecule has 1 aliphatic carbocycles. The average Bonchev–Trinajstić information content (AvgIpc) is 2.71. The van der Waals surface area contributed by atoms with Crippen molar-refractivity contribution in [3.8, 4) is 0 Å². The fraction of sp³-hybridized carbons (Fsp3) is 0.286. The van der Waals surface area contributed by atoms with Crippen LogP contribution in [0, 0.1) is 13.8 Å². The molecule has 0 radical (unpaired) electrons. The second-order valence-electron chi connectivity index (χ2n) is 7.26. The number of hydrogen-bond donors (Lipinski definition) is 0. The molecule has 2 aromatic rings. The first kappa shape index (κ1) is 23.4. The van der Waals surface area contributed by atoms with Gasteiger partial charge in [0, 0.05) is 0 Å². The van der Waals surface area contributed by atoms with Gasteiger partial charge in [-0.3, -0.25) is 0 Å². The van der Waals surface area contributed by atoms with Crippen molar-refractivity contribution in [2.24, 2.45) is 0 Å². The van der Waals surface area contributed by atoms with Gasteiger partial charge in [0.05, 0.1) is 0 Å². The highest BCUT2D eigenvalue weighted by Gasteiger charge is 2.03. The molecule has 2 aromatic carbocycles. The summed E-state index contributed by atoms with van der Waals surface area (Å²) in [6.07, 6.45) is 14.6. The molecule has 1 aliphatic rings. The maximum absolute atomic E-state index is 2.26. The molecular weight excluding hydrogens is 336 g/mol. The minimum Gasteiger partial charge on any atom is -0.0842 e. The highest BCUT2D eigenvalue weighted by Crippen LogP contribution is 2.22. The van der Waals surface area contributed by atoms with E-state index in [0.29, 0.717) is 0 Å². The second kappa shape index (κ2) is 14.5. The molecule has 0 heteroatoms. The largest absolute Gasteiger partial charge is 0.0842 e. The predicted molar refractivity (Wildman–Crippen MR) is 127 cm³/mol. The quantitative estimate of drug-likeness (QED) is 0.473. The van der Waals surface area contributed by atoms with Gasteiger partial charge in [0.25, 0.3) is 0 Å². The van der Waals surface area contributed by atoms with E-state index in [4.69, 9.17) is 0 Å². The number of rotatable bonds is 3. The third-order valence-electron chi connectivity index (χ3n) is 4.31. The minimum atomic E-state index is 1.13. The highest BCUT2D eigenvalue weighted by molar-refractivity contribution is 5.38. The van der Waals surface area contributed by atoms with Crippen LogP contribution < -0.4 is 0 Å². The van der Waals surface area contributed by atoms with Crippen LogP contribution in [0.5, 0.6) is 0 Å². The van der Waals surface area contributed by atoms with Crippen LogP contribution in [0.2, 0.25) is 0 Å². The van der Waals surface area contributed by atoms with Gasteiger partial charge in [0.2, 0.25) is 0 Å². The number of aryl methyl sites for hydroxylation is 2. The Bertz CT molecular complexity index is 730. The Balaban J connectivity index is 0.000000233. The first-order valence-electron chi connectivity index (χ1n) is 10.3. The first-order valence-corrected chi connectivity index (χ1v) is 10.3. The van der Waals surface area contributed by atoms with Gasteiger partial charge in [0.1, 0.15) is 0 Å². The lowest BCUT2D eigenvalue weighted by molar-refractivity contribution is 0.938. The van der Waals surface area contributed by atoms with Crippen molar-refractivity contribution in [2.75, 3.05) is 0 Å². The van der Waals surface area contributed by atoms with Crippen LogP contribution in [0.1, 0.15) is 51.2 Å². The Hall–Kier alpha value is -2.60. The van der Waals surface area contributed by atoms with Crippen molar-refractivity contribution in [3.05, 3.63) is 119 Å². The summed E-state index contributed by atoms with van der Waals surface area (Å²) in [6.45, 7) is 10.7. The second-order valence-corrected chi connectivity index (χ2v) is 7.26. The van der Waals surface area contributed by atoms with E-state index in [1.807, 2.05) is 36.4 Å². The Morgan fingerprint density at radius 3 is 1.68 bits per heavy atom. The van der Waals surface area contributed by atoms with Crippen molar-refractivity contribution in [1.29, 1.82) is 0 Å². The standard InChI is InChI=1S/C14H20.2C7H8/c1-4-13(11-10-12(2)3)14-8-6-5-7-9-14;2*1-7-5-3-2-4-6-7/h5-6,8,10-11H,4,7,9H2,1-3H3;2*2-6H,1H3/b13-11+;;. The zero-order valence-corrected chi connectivity index (χ0v) is 18.3. The van der Waals surface area contributed by atoms with Crippen LogP contribution in [0.3, 0.4) is 0 Å². The van der Waals surface area contributed by atoms with Crippen LogP contribution >= 0.6 is 0 Å². The molecule has 0 N–H and O–H groups in total. The zero-order valence-electron chi connectivity index (χ0n) is 18.3. The van der Waals surface area contributed by atoms with Gasteiger partial charge in [0.15, 0.2) is 0 Å². The van der Waals surface area contributed by atoms with Gasteiger partial charge in [-0.25, -0.2) is 0 Å². The van der Waals surface area contributed by atoms with Gasteiger partial charge in [-0.1, -0.05) is 115 Å². The molecule has 0 amide bonds. The van der Waals surface area contributed by atoms with E-state index >= 15 is 0 Å². The molecule has 0 atom stereocenters. The van der Waals surface area contributed by atoms with E-state index in [1.165, 1.54) is 40.7 Å². The molecule has 0 heterocycles. The summed E-state index contributed by atoms with van der Waals surface area (Å²) in [7, 11) is 0. The SMILES string of the molecule is CC/C(=C\C=C(C)C)C1=CC=CCC1.Cc1ccccc1.Cc1ccccc1. The summed E-state index contributed by atoms with van der Waals surface area (Å²) >= 11 is 0. The maximum atomic E-state index is 2.26. The summed E-state index contributed by atoms with van der Waals surface area (Å²) in [6, 6.07) is 20.5. The lowest BCUT2D eigenvalue weighted by Gasteiger charge is -2.11. The smallest absolute Gasteiger partial charge is 0.0241 e. The minimum absolute atomic E-state index is 1.13.